The van der Waals surface area contributed by atoms with Crippen LogP contribution >= 0.6 is 0 Å². The number of methoxy groups -OCH3 is 1. The van der Waals surface area contributed by atoms with Crippen LogP contribution in [-0.4, -0.2) is 37.2 Å². The van der Waals surface area contributed by atoms with Gasteiger partial charge in [0, 0.05) is 18.4 Å². The molecule has 8 heteroatoms. The van der Waals surface area contributed by atoms with E-state index in [-0.39, 0.29) is 30.7 Å². The number of hydrogen-bond donors (Lipinski definition) is 2. The summed E-state index contributed by atoms with van der Waals surface area (Å²) in [5, 5.41) is 2.75. The number of nitrogens with zero attached hydrogens (tertiary/aromatic N) is 1. The first-order chi connectivity index (χ1) is 12.5. The zero-order valence-electron chi connectivity index (χ0n) is 14.3. The van der Waals surface area contributed by atoms with Crippen LogP contribution in [0.25, 0.3) is 11.3 Å². The highest BCUT2D eigenvalue weighted by Gasteiger charge is 2.61. The average Bonchev–Trinajstić information content (AvgIpc) is 3.20. The molecule has 1 aliphatic heterocycles. The van der Waals surface area contributed by atoms with Gasteiger partial charge in [-0.15, -0.1) is 0 Å². The van der Waals surface area contributed by atoms with Gasteiger partial charge < -0.3 is 24.9 Å². The van der Waals surface area contributed by atoms with Gasteiger partial charge in [-0.3, -0.25) is 4.79 Å². The van der Waals surface area contributed by atoms with E-state index in [9.17, 15) is 9.59 Å². The number of benzene rings is 1. The van der Waals surface area contributed by atoms with Crippen LogP contribution in [0.3, 0.4) is 0 Å². The van der Waals surface area contributed by atoms with Crippen LogP contribution in [0.1, 0.15) is 18.2 Å². The molecule has 2 aromatic rings. The third-order valence-corrected chi connectivity index (χ3v) is 4.69. The smallest absolute Gasteiger partial charge is 0.337 e. The summed E-state index contributed by atoms with van der Waals surface area (Å²) >= 11 is 0. The first-order valence-electron chi connectivity index (χ1n) is 8.07. The SMILES string of the molecule is COCCOC(=O)C1=C(C)NC(=O)[C@]12c1ccccc1-c1oc(N)nc12. The molecule has 0 saturated heterocycles. The number of nitrogens with two attached hydrogens (primary N) is 1. The molecular formula is C18H17N3O5. The molecule has 1 atom stereocenters. The molecule has 1 aromatic heterocycles. The number of carbonyl (C=O) groups is 2. The number of nitrogen functional groups attached to an aromatic ring is 1. The Morgan fingerprint density at radius 2 is 2.12 bits per heavy atom. The Labute approximate surface area is 149 Å². The quantitative estimate of drug-likeness (QED) is 0.623. The Balaban J connectivity index is 1.93. The molecule has 4 rings (SSSR count). The van der Waals surface area contributed by atoms with Gasteiger partial charge >= 0.3 is 5.97 Å². The minimum Gasteiger partial charge on any atom is -0.460 e. The number of anilines is 1. The standard InChI is InChI=1S/C18H17N3O5/c1-9-12(15(22)25-8-7-24-2)18(16(23)20-9)11-6-4-3-5-10(11)13-14(18)21-17(19)26-13/h3-6H,7-8H2,1-2H3,(H2,19,21)(H,20,23)/t18-/m1/s1. The summed E-state index contributed by atoms with van der Waals surface area (Å²) in [5.41, 5.74) is 6.53. The van der Waals surface area contributed by atoms with Crippen LogP contribution < -0.4 is 11.1 Å². The van der Waals surface area contributed by atoms with Crippen molar-refractivity contribution < 1.29 is 23.5 Å². The molecule has 0 bridgehead atoms. The van der Waals surface area contributed by atoms with Crippen LogP contribution in [0.15, 0.2) is 40.0 Å². The number of rotatable bonds is 4. The van der Waals surface area contributed by atoms with Crippen LogP contribution in [-0.2, 0) is 24.5 Å². The number of fused-ring (bicyclic) bond motifs is 5. The predicted molar refractivity (Wildman–Crippen MR) is 90.8 cm³/mol. The Hall–Kier alpha value is -3.13. The first kappa shape index (κ1) is 16.3. The fourth-order valence-corrected chi connectivity index (χ4v) is 3.71. The van der Waals surface area contributed by atoms with Crippen LogP contribution in [0.2, 0.25) is 0 Å². The second-order valence-electron chi connectivity index (χ2n) is 6.11. The van der Waals surface area contributed by atoms with E-state index in [1.165, 1.54) is 7.11 Å². The maximum absolute atomic E-state index is 13.1. The summed E-state index contributed by atoms with van der Waals surface area (Å²) in [5.74, 6) is -0.597. The van der Waals surface area contributed by atoms with Crippen molar-refractivity contribution in [3.8, 4) is 11.3 Å². The summed E-state index contributed by atoms with van der Waals surface area (Å²) in [7, 11) is 1.51. The molecule has 0 unspecified atom stereocenters. The summed E-state index contributed by atoms with van der Waals surface area (Å²) in [6, 6.07) is 7.14. The molecule has 0 saturated carbocycles. The molecule has 26 heavy (non-hydrogen) atoms. The second kappa shape index (κ2) is 5.70. The summed E-state index contributed by atoms with van der Waals surface area (Å²) < 4.78 is 15.8. The summed E-state index contributed by atoms with van der Waals surface area (Å²) in [4.78, 5) is 30.2. The third kappa shape index (κ3) is 1.96. The van der Waals surface area contributed by atoms with Gasteiger partial charge in [-0.25, -0.2) is 4.79 Å². The number of nitrogens with one attached hydrogen (secondary N) is 1. The van der Waals surface area contributed by atoms with Gasteiger partial charge in [0.05, 0.1) is 12.2 Å². The molecular weight excluding hydrogens is 338 g/mol. The lowest BCUT2D eigenvalue weighted by molar-refractivity contribution is -0.141. The van der Waals surface area contributed by atoms with Crippen molar-refractivity contribution in [2.24, 2.45) is 0 Å². The fourth-order valence-electron chi connectivity index (χ4n) is 3.71. The fraction of sp³-hybridized carbons (Fsp3) is 0.278. The van der Waals surface area contributed by atoms with Crippen molar-refractivity contribution >= 4 is 17.9 Å². The number of ether oxygens (including phenoxy) is 2. The zero-order chi connectivity index (χ0) is 18.5. The monoisotopic (exact) mass is 355 g/mol. The number of oxazole rings is 1. The highest BCUT2D eigenvalue weighted by molar-refractivity contribution is 6.14. The molecule has 1 spiro atoms. The Bertz CT molecular complexity index is 961. The summed E-state index contributed by atoms with van der Waals surface area (Å²) in [6.45, 7) is 1.99. The lowest BCUT2D eigenvalue weighted by atomic mass is 9.75. The van der Waals surface area contributed by atoms with E-state index < -0.39 is 11.4 Å². The normalized spacial score (nSPS) is 20.3. The van der Waals surface area contributed by atoms with Gasteiger partial charge in [-0.05, 0) is 12.5 Å². The number of amides is 1. The topological polar surface area (TPSA) is 117 Å². The number of esters is 1. The molecule has 1 aromatic carbocycles. The van der Waals surface area contributed by atoms with E-state index in [0.717, 1.165) is 0 Å². The summed E-state index contributed by atoms with van der Waals surface area (Å²) in [6.07, 6.45) is 0. The van der Waals surface area contributed by atoms with Gasteiger partial charge in [0.1, 0.15) is 12.3 Å². The molecule has 8 nitrogen and oxygen atoms in total. The third-order valence-electron chi connectivity index (χ3n) is 4.69. The molecule has 2 aliphatic rings. The molecule has 134 valence electrons. The zero-order valence-corrected chi connectivity index (χ0v) is 14.3. The number of hydrogen-bond acceptors (Lipinski definition) is 7. The van der Waals surface area contributed by atoms with Crippen molar-refractivity contribution in [1.29, 1.82) is 0 Å². The highest BCUT2D eigenvalue weighted by atomic mass is 16.6. The maximum atomic E-state index is 13.1. The van der Waals surface area contributed by atoms with E-state index in [1.807, 2.05) is 12.1 Å². The number of carbonyl (C=O) groups excluding carboxylic acids is 2. The van der Waals surface area contributed by atoms with Gasteiger partial charge in [0.15, 0.2) is 11.2 Å². The maximum Gasteiger partial charge on any atom is 0.337 e. The van der Waals surface area contributed by atoms with Crippen molar-refractivity contribution in [2.45, 2.75) is 12.3 Å². The Kier molecular flexibility index (Phi) is 3.58. The minimum atomic E-state index is -1.43. The van der Waals surface area contributed by atoms with E-state index in [1.54, 1.807) is 19.1 Å². The lowest BCUT2D eigenvalue weighted by Crippen LogP contribution is -2.40. The molecule has 0 radical (unpaired) electrons. The van der Waals surface area contributed by atoms with Gasteiger partial charge in [0.25, 0.3) is 6.01 Å². The first-order valence-corrected chi connectivity index (χ1v) is 8.07. The average molecular weight is 355 g/mol. The number of aromatic nitrogens is 1. The van der Waals surface area contributed by atoms with Crippen molar-refractivity contribution in [2.75, 3.05) is 26.1 Å². The van der Waals surface area contributed by atoms with Gasteiger partial charge in [-0.2, -0.15) is 4.98 Å². The largest absolute Gasteiger partial charge is 0.460 e. The van der Waals surface area contributed by atoms with Crippen molar-refractivity contribution in [3.05, 3.63) is 46.8 Å². The van der Waals surface area contributed by atoms with E-state index in [4.69, 9.17) is 19.6 Å². The van der Waals surface area contributed by atoms with E-state index in [0.29, 0.717) is 28.3 Å². The van der Waals surface area contributed by atoms with Gasteiger partial charge in [0.2, 0.25) is 5.91 Å². The van der Waals surface area contributed by atoms with Crippen molar-refractivity contribution in [1.82, 2.24) is 10.3 Å². The predicted octanol–water partition coefficient (Wildman–Crippen LogP) is 1.12. The van der Waals surface area contributed by atoms with Crippen LogP contribution in [0.5, 0.6) is 0 Å². The second-order valence-corrected chi connectivity index (χ2v) is 6.11. The van der Waals surface area contributed by atoms with Crippen LogP contribution in [0.4, 0.5) is 6.01 Å². The molecule has 0 fully saturated rings. The molecule has 3 N–H and O–H groups in total. The minimum absolute atomic E-state index is 0.0617. The Morgan fingerprint density at radius 1 is 1.35 bits per heavy atom. The van der Waals surface area contributed by atoms with E-state index >= 15 is 0 Å². The lowest BCUT2D eigenvalue weighted by Gasteiger charge is -2.24. The van der Waals surface area contributed by atoms with E-state index in [2.05, 4.69) is 10.3 Å². The molecule has 1 aliphatic carbocycles. The van der Waals surface area contributed by atoms with Crippen LogP contribution in [0, 0.1) is 0 Å². The highest BCUT2D eigenvalue weighted by Crippen LogP contribution is 2.55. The molecule has 2 heterocycles. The molecule has 1 amide bonds. The van der Waals surface area contributed by atoms with Gasteiger partial charge in [-0.1, -0.05) is 24.3 Å². The Morgan fingerprint density at radius 3 is 2.88 bits per heavy atom. The number of allylic oxidation sites excluding steroid dienone is 1. The van der Waals surface area contributed by atoms with Crippen molar-refractivity contribution in [3.63, 3.8) is 0 Å².